The number of anilines is 1. The number of thiocarbonyl (C=S) groups is 1. The first-order valence-corrected chi connectivity index (χ1v) is 7.07. The maximum Gasteiger partial charge on any atom is 0.337 e. The topological polar surface area (TPSA) is 83.0 Å². The van der Waals surface area contributed by atoms with Crippen LogP contribution in [0, 0.1) is 0 Å². The largest absolute Gasteiger partial charge is 0.508 e. The van der Waals surface area contributed by atoms with E-state index in [9.17, 15) is 9.90 Å². The molecule has 0 spiro atoms. The first-order valence-electron chi connectivity index (χ1n) is 6.66. The van der Waals surface area contributed by atoms with Gasteiger partial charge in [0.15, 0.2) is 5.11 Å². The zero-order valence-corrected chi connectivity index (χ0v) is 13.1. The van der Waals surface area contributed by atoms with Crippen molar-refractivity contribution in [3.05, 3.63) is 59.7 Å². The van der Waals surface area contributed by atoms with Gasteiger partial charge < -0.3 is 15.2 Å². The molecule has 0 aliphatic carbocycles. The number of esters is 1. The molecule has 0 heterocycles. The monoisotopic (exact) mass is 329 g/mol. The van der Waals surface area contributed by atoms with E-state index in [0.717, 1.165) is 5.56 Å². The second-order valence-corrected chi connectivity index (χ2v) is 4.90. The van der Waals surface area contributed by atoms with Crippen LogP contribution in [0.25, 0.3) is 0 Å². The summed E-state index contributed by atoms with van der Waals surface area (Å²) in [6.45, 7) is 0. The highest BCUT2D eigenvalue weighted by Gasteiger charge is 2.04. The Morgan fingerprint density at radius 1 is 1.26 bits per heavy atom. The Hall–Kier alpha value is -2.93. The van der Waals surface area contributed by atoms with Crippen molar-refractivity contribution in [1.82, 2.24) is 5.43 Å². The third-order valence-electron chi connectivity index (χ3n) is 2.81. The van der Waals surface area contributed by atoms with Crippen LogP contribution in [0.15, 0.2) is 53.6 Å². The maximum atomic E-state index is 11.3. The summed E-state index contributed by atoms with van der Waals surface area (Å²) in [6, 6.07) is 13.4. The molecule has 0 atom stereocenters. The minimum Gasteiger partial charge on any atom is -0.508 e. The quantitative estimate of drug-likeness (QED) is 0.346. The number of hydrogen-bond acceptors (Lipinski definition) is 5. The highest BCUT2D eigenvalue weighted by atomic mass is 32.1. The van der Waals surface area contributed by atoms with E-state index < -0.39 is 5.97 Å². The second kappa shape index (κ2) is 7.90. The molecule has 0 aliphatic rings. The number of hydrazone groups is 1. The molecular formula is C16H15N3O3S. The minimum atomic E-state index is -0.395. The van der Waals surface area contributed by atoms with Crippen LogP contribution in [-0.4, -0.2) is 29.5 Å². The molecule has 0 bridgehead atoms. The molecule has 0 amide bonds. The zero-order chi connectivity index (χ0) is 16.7. The molecule has 0 radical (unpaired) electrons. The third kappa shape index (κ3) is 5.08. The smallest absolute Gasteiger partial charge is 0.337 e. The lowest BCUT2D eigenvalue weighted by atomic mass is 10.2. The first kappa shape index (κ1) is 16.4. The predicted octanol–water partition coefficient (Wildman–Crippen LogP) is 2.50. The van der Waals surface area contributed by atoms with E-state index in [-0.39, 0.29) is 5.75 Å². The van der Waals surface area contributed by atoms with Crippen LogP contribution in [0.3, 0.4) is 0 Å². The number of nitrogens with zero attached hydrogens (tertiary/aromatic N) is 1. The van der Waals surface area contributed by atoms with Crippen molar-refractivity contribution >= 4 is 35.2 Å². The number of methoxy groups -OCH3 is 1. The van der Waals surface area contributed by atoms with Gasteiger partial charge >= 0.3 is 5.97 Å². The van der Waals surface area contributed by atoms with Crippen LogP contribution >= 0.6 is 12.2 Å². The number of ether oxygens (including phenoxy) is 1. The van der Waals surface area contributed by atoms with E-state index in [1.54, 1.807) is 48.5 Å². The number of rotatable bonds is 4. The van der Waals surface area contributed by atoms with Gasteiger partial charge in [0.2, 0.25) is 0 Å². The van der Waals surface area contributed by atoms with Crippen molar-refractivity contribution in [3.8, 4) is 5.75 Å². The number of aromatic hydroxyl groups is 1. The molecule has 2 aromatic rings. The van der Waals surface area contributed by atoms with Gasteiger partial charge in [-0.1, -0.05) is 12.1 Å². The van der Waals surface area contributed by atoms with E-state index in [2.05, 4.69) is 20.6 Å². The number of carbonyl (C=O) groups excluding carboxylic acids is 1. The molecule has 6 nitrogen and oxygen atoms in total. The van der Waals surface area contributed by atoms with Crippen LogP contribution in [-0.2, 0) is 4.74 Å². The van der Waals surface area contributed by atoms with Crippen LogP contribution in [0.2, 0.25) is 0 Å². The standard InChI is InChI=1S/C16H15N3O3S/c1-22-15(21)12-5-7-13(8-6-12)18-16(23)19-17-10-11-3-2-4-14(20)9-11/h2-10,20H,1H3,(H2,18,19,23)/b17-10-. The summed E-state index contributed by atoms with van der Waals surface area (Å²) < 4.78 is 4.63. The van der Waals surface area contributed by atoms with Gasteiger partial charge in [0.25, 0.3) is 0 Å². The Bertz CT molecular complexity index is 730. The molecule has 0 fully saturated rings. The highest BCUT2D eigenvalue weighted by molar-refractivity contribution is 7.80. The van der Waals surface area contributed by atoms with E-state index in [1.165, 1.54) is 13.3 Å². The lowest BCUT2D eigenvalue weighted by Gasteiger charge is -2.07. The normalized spacial score (nSPS) is 10.3. The molecule has 0 saturated carbocycles. The molecule has 3 N–H and O–H groups in total. The van der Waals surface area contributed by atoms with Crippen molar-refractivity contribution in [3.63, 3.8) is 0 Å². The lowest BCUT2D eigenvalue weighted by molar-refractivity contribution is 0.0601. The Kier molecular flexibility index (Phi) is 5.65. The molecule has 7 heteroatoms. The number of benzene rings is 2. The zero-order valence-electron chi connectivity index (χ0n) is 12.3. The molecule has 2 aromatic carbocycles. The lowest BCUT2D eigenvalue weighted by Crippen LogP contribution is -2.23. The molecule has 23 heavy (non-hydrogen) atoms. The van der Waals surface area contributed by atoms with Crippen LogP contribution < -0.4 is 10.7 Å². The predicted molar refractivity (Wildman–Crippen MR) is 92.8 cm³/mol. The summed E-state index contributed by atoms with van der Waals surface area (Å²) in [6.07, 6.45) is 1.54. The van der Waals surface area contributed by atoms with Crippen LogP contribution in [0.1, 0.15) is 15.9 Å². The van der Waals surface area contributed by atoms with E-state index in [0.29, 0.717) is 16.4 Å². The van der Waals surface area contributed by atoms with Crippen molar-refractivity contribution in [2.45, 2.75) is 0 Å². The fourth-order valence-electron chi connectivity index (χ4n) is 1.74. The number of nitrogens with one attached hydrogen (secondary N) is 2. The Morgan fingerprint density at radius 3 is 2.65 bits per heavy atom. The molecule has 2 rings (SSSR count). The van der Waals surface area contributed by atoms with Gasteiger partial charge in [0, 0.05) is 5.69 Å². The number of hydrogen-bond donors (Lipinski definition) is 3. The maximum absolute atomic E-state index is 11.3. The summed E-state index contributed by atoms with van der Waals surface area (Å²) in [5.41, 5.74) is 4.57. The van der Waals surface area contributed by atoms with Crippen LogP contribution in [0.4, 0.5) is 5.69 Å². The number of phenolic OH excluding ortho intramolecular Hbond substituents is 1. The summed E-state index contributed by atoms with van der Waals surface area (Å²) >= 11 is 5.11. The van der Waals surface area contributed by atoms with Crippen molar-refractivity contribution < 1.29 is 14.6 Å². The Morgan fingerprint density at radius 2 is 2.00 bits per heavy atom. The fourth-order valence-corrected chi connectivity index (χ4v) is 1.91. The molecule has 118 valence electrons. The summed E-state index contributed by atoms with van der Waals surface area (Å²) in [5.74, 6) is -0.228. The van der Waals surface area contributed by atoms with Crippen LogP contribution in [0.5, 0.6) is 5.75 Å². The van der Waals surface area contributed by atoms with Gasteiger partial charge in [-0.15, -0.1) is 0 Å². The molecular weight excluding hydrogens is 314 g/mol. The summed E-state index contributed by atoms with van der Waals surface area (Å²) in [7, 11) is 1.33. The first-order chi connectivity index (χ1) is 11.1. The highest BCUT2D eigenvalue weighted by Crippen LogP contribution is 2.10. The van der Waals surface area contributed by atoms with E-state index in [4.69, 9.17) is 12.2 Å². The van der Waals surface area contributed by atoms with Crippen molar-refractivity contribution in [2.24, 2.45) is 5.10 Å². The molecule has 0 unspecified atom stereocenters. The third-order valence-corrected chi connectivity index (χ3v) is 3.01. The Balaban J connectivity index is 1.88. The van der Waals surface area contributed by atoms with E-state index in [1.807, 2.05) is 0 Å². The number of carbonyl (C=O) groups is 1. The van der Waals surface area contributed by atoms with Gasteiger partial charge in [-0.25, -0.2) is 4.79 Å². The van der Waals surface area contributed by atoms with Gasteiger partial charge in [-0.3, -0.25) is 5.43 Å². The van der Waals surface area contributed by atoms with E-state index >= 15 is 0 Å². The van der Waals surface area contributed by atoms with Gasteiger partial charge in [-0.05, 0) is 54.2 Å². The average molecular weight is 329 g/mol. The van der Waals surface area contributed by atoms with Gasteiger partial charge in [-0.2, -0.15) is 5.10 Å². The second-order valence-electron chi connectivity index (χ2n) is 4.49. The minimum absolute atomic E-state index is 0.167. The molecule has 0 aliphatic heterocycles. The fraction of sp³-hybridized carbons (Fsp3) is 0.0625. The molecule has 0 aromatic heterocycles. The summed E-state index contributed by atoms with van der Waals surface area (Å²) in [5, 5.41) is 16.5. The number of phenols is 1. The van der Waals surface area contributed by atoms with Gasteiger partial charge in [0.05, 0.1) is 18.9 Å². The Labute approximate surface area is 138 Å². The van der Waals surface area contributed by atoms with Crippen molar-refractivity contribution in [2.75, 3.05) is 12.4 Å². The van der Waals surface area contributed by atoms with Crippen molar-refractivity contribution in [1.29, 1.82) is 0 Å². The molecule has 0 saturated heterocycles. The summed E-state index contributed by atoms with van der Waals surface area (Å²) in [4.78, 5) is 11.3. The van der Waals surface area contributed by atoms with Gasteiger partial charge in [0.1, 0.15) is 5.75 Å². The average Bonchev–Trinajstić information content (AvgIpc) is 2.55. The SMILES string of the molecule is COC(=O)c1ccc(NC(=S)N/N=C\c2cccc(O)c2)cc1.